The second-order valence-electron chi connectivity index (χ2n) is 6.47. The zero-order chi connectivity index (χ0) is 13.1. The van der Waals surface area contributed by atoms with Crippen LogP contribution < -0.4 is 11.1 Å². The van der Waals surface area contributed by atoms with E-state index >= 15 is 0 Å². The van der Waals surface area contributed by atoms with E-state index in [9.17, 15) is 0 Å². The summed E-state index contributed by atoms with van der Waals surface area (Å²) in [4.78, 5) is 7.30. The van der Waals surface area contributed by atoms with E-state index in [0.717, 1.165) is 12.6 Å². The van der Waals surface area contributed by atoms with Gasteiger partial charge in [0.2, 0.25) is 0 Å². The molecule has 3 fully saturated rings. The lowest BCUT2D eigenvalue weighted by atomic mass is 9.94. The third-order valence-electron chi connectivity index (χ3n) is 4.87. The molecular weight excluding hydrogens is 236 g/mol. The lowest BCUT2D eigenvalue weighted by Crippen LogP contribution is -2.42. The Hall–Kier alpha value is -0.770. The average molecular weight is 264 g/mol. The van der Waals surface area contributed by atoms with Crippen LogP contribution in [0.2, 0.25) is 0 Å². The number of hydrogen-bond acceptors (Lipinski definition) is 2. The van der Waals surface area contributed by atoms with Gasteiger partial charge >= 0.3 is 0 Å². The van der Waals surface area contributed by atoms with E-state index in [-0.39, 0.29) is 0 Å². The molecule has 3 aliphatic rings. The fourth-order valence-corrected chi connectivity index (χ4v) is 3.63. The zero-order valence-corrected chi connectivity index (χ0v) is 12.0. The van der Waals surface area contributed by atoms with Gasteiger partial charge in [-0.15, -0.1) is 0 Å². The number of nitrogens with two attached hydrogens (primary N) is 1. The Morgan fingerprint density at radius 3 is 2.58 bits per heavy atom. The molecule has 2 aliphatic carbocycles. The summed E-state index contributed by atoms with van der Waals surface area (Å²) in [5.41, 5.74) is 5.94. The topological polar surface area (TPSA) is 53.6 Å². The molecule has 0 aromatic heterocycles. The largest absolute Gasteiger partial charge is 0.370 e. The maximum Gasteiger partial charge on any atom is 0.188 e. The van der Waals surface area contributed by atoms with Crippen molar-refractivity contribution in [1.29, 1.82) is 0 Å². The number of hydrogen-bond donors (Lipinski definition) is 2. The molecule has 4 nitrogen and oxygen atoms in total. The van der Waals surface area contributed by atoms with Gasteiger partial charge in [-0.25, -0.2) is 0 Å². The Morgan fingerprint density at radius 1 is 1.05 bits per heavy atom. The fraction of sp³-hybridized carbons (Fsp3) is 0.933. The highest BCUT2D eigenvalue weighted by Crippen LogP contribution is 2.29. The Bertz CT molecular complexity index is 318. The molecule has 4 heteroatoms. The van der Waals surface area contributed by atoms with Crippen LogP contribution in [0.4, 0.5) is 0 Å². The molecule has 1 heterocycles. The number of guanidine groups is 1. The lowest BCUT2D eigenvalue weighted by Gasteiger charge is -2.35. The van der Waals surface area contributed by atoms with Gasteiger partial charge in [-0.3, -0.25) is 9.89 Å². The van der Waals surface area contributed by atoms with Crippen LogP contribution >= 0.6 is 0 Å². The molecule has 0 radical (unpaired) electrons. The number of aliphatic imine (C=N–C) groups is 1. The number of nitrogens with one attached hydrogen (secondary N) is 1. The van der Waals surface area contributed by atoms with E-state index in [1.165, 1.54) is 64.3 Å². The second kappa shape index (κ2) is 6.12. The summed E-state index contributed by atoms with van der Waals surface area (Å²) < 4.78 is 0. The van der Waals surface area contributed by atoms with E-state index < -0.39 is 0 Å². The van der Waals surface area contributed by atoms with E-state index in [0.29, 0.717) is 18.0 Å². The molecule has 2 saturated carbocycles. The van der Waals surface area contributed by atoms with Gasteiger partial charge in [-0.2, -0.15) is 0 Å². The molecule has 3 rings (SSSR count). The first-order valence-corrected chi connectivity index (χ1v) is 8.15. The Morgan fingerprint density at radius 2 is 1.84 bits per heavy atom. The smallest absolute Gasteiger partial charge is 0.188 e. The predicted octanol–water partition coefficient (Wildman–Crippen LogP) is 1.85. The predicted molar refractivity (Wildman–Crippen MR) is 79.2 cm³/mol. The molecule has 108 valence electrons. The van der Waals surface area contributed by atoms with E-state index in [4.69, 9.17) is 5.73 Å². The molecule has 0 bridgehead atoms. The molecule has 0 aromatic carbocycles. The summed E-state index contributed by atoms with van der Waals surface area (Å²) in [6.07, 6.45) is 12.2. The van der Waals surface area contributed by atoms with Gasteiger partial charge in [-0.1, -0.05) is 19.3 Å². The van der Waals surface area contributed by atoms with Gasteiger partial charge in [0.15, 0.2) is 5.96 Å². The van der Waals surface area contributed by atoms with E-state index in [1.54, 1.807) is 0 Å². The molecule has 3 N–H and O–H groups in total. The molecule has 0 spiro atoms. The number of rotatable bonds is 4. The molecule has 1 saturated heterocycles. The average Bonchev–Trinajstić information content (AvgIpc) is 3.12. The maximum atomic E-state index is 5.94. The first-order chi connectivity index (χ1) is 9.33. The van der Waals surface area contributed by atoms with Gasteiger partial charge in [0.05, 0.1) is 6.54 Å². The van der Waals surface area contributed by atoms with Crippen LogP contribution in [-0.4, -0.2) is 42.1 Å². The molecule has 1 aliphatic heterocycles. The minimum atomic E-state index is 0.613. The van der Waals surface area contributed by atoms with Gasteiger partial charge < -0.3 is 11.1 Å². The van der Waals surface area contributed by atoms with Crippen molar-refractivity contribution < 1.29 is 0 Å². The van der Waals surface area contributed by atoms with Crippen LogP contribution in [0.25, 0.3) is 0 Å². The van der Waals surface area contributed by atoms with Crippen LogP contribution in [0.15, 0.2) is 4.99 Å². The van der Waals surface area contributed by atoms with Crippen LogP contribution in [0, 0.1) is 0 Å². The second-order valence-corrected chi connectivity index (χ2v) is 6.47. The van der Waals surface area contributed by atoms with E-state index in [2.05, 4.69) is 15.2 Å². The summed E-state index contributed by atoms with van der Waals surface area (Å²) in [6, 6.07) is 2.08. The standard InChI is InChI=1S/C15H28N4/c16-15(18-12-8-9-12)17-11-14-7-4-10-19(14)13-5-2-1-3-6-13/h12-14H,1-11H2,(H3,16,17,18). The molecular formula is C15H28N4. The highest BCUT2D eigenvalue weighted by atomic mass is 15.2. The van der Waals surface area contributed by atoms with Gasteiger partial charge in [0.1, 0.15) is 0 Å². The Balaban J connectivity index is 1.50. The minimum Gasteiger partial charge on any atom is -0.370 e. The van der Waals surface area contributed by atoms with Crippen LogP contribution in [0.1, 0.15) is 57.8 Å². The van der Waals surface area contributed by atoms with Crippen molar-refractivity contribution >= 4 is 5.96 Å². The first-order valence-electron chi connectivity index (χ1n) is 8.15. The van der Waals surface area contributed by atoms with Gasteiger partial charge in [0, 0.05) is 18.1 Å². The monoisotopic (exact) mass is 264 g/mol. The third kappa shape index (κ3) is 3.62. The lowest BCUT2D eigenvalue weighted by molar-refractivity contribution is 0.145. The zero-order valence-electron chi connectivity index (χ0n) is 12.0. The van der Waals surface area contributed by atoms with Crippen molar-refractivity contribution in [3.05, 3.63) is 0 Å². The molecule has 1 atom stereocenters. The number of nitrogens with zero attached hydrogens (tertiary/aromatic N) is 2. The van der Waals surface area contributed by atoms with E-state index in [1.807, 2.05) is 0 Å². The van der Waals surface area contributed by atoms with Crippen molar-refractivity contribution in [2.45, 2.75) is 75.9 Å². The molecule has 19 heavy (non-hydrogen) atoms. The maximum absolute atomic E-state index is 5.94. The summed E-state index contributed by atoms with van der Waals surface area (Å²) >= 11 is 0. The van der Waals surface area contributed by atoms with Crippen molar-refractivity contribution in [3.8, 4) is 0 Å². The van der Waals surface area contributed by atoms with Crippen LogP contribution in [0.5, 0.6) is 0 Å². The van der Waals surface area contributed by atoms with Crippen molar-refractivity contribution in [2.24, 2.45) is 10.7 Å². The van der Waals surface area contributed by atoms with Crippen LogP contribution in [-0.2, 0) is 0 Å². The highest BCUT2D eigenvalue weighted by molar-refractivity contribution is 5.78. The van der Waals surface area contributed by atoms with Crippen molar-refractivity contribution in [2.75, 3.05) is 13.1 Å². The quantitative estimate of drug-likeness (QED) is 0.602. The van der Waals surface area contributed by atoms with Gasteiger partial charge in [0.25, 0.3) is 0 Å². The first kappa shape index (κ1) is 13.2. The Kier molecular flexibility index (Phi) is 4.26. The fourth-order valence-electron chi connectivity index (χ4n) is 3.63. The molecule has 1 unspecified atom stereocenters. The Labute approximate surface area is 116 Å². The summed E-state index contributed by atoms with van der Waals surface area (Å²) in [5.74, 6) is 0.665. The van der Waals surface area contributed by atoms with Crippen molar-refractivity contribution in [1.82, 2.24) is 10.2 Å². The molecule has 0 aromatic rings. The number of likely N-dealkylation sites (tertiary alicyclic amines) is 1. The summed E-state index contributed by atoms with van der Waals surface area (Å²) in [5, 5.41) is 3.28. The normalized spacial score (nSPS) is 30.7. The third-order valence-corrected chi connectivity index (χ3v) is 4.87. The SMILES string of the molecule is NC(=NCC1CCCN1C1CCCCC1)NC1CC1. The summed E-state index contributed by atoms with van der Waals surface area (Å²) in [7, 11) is 0. The minimum absolute atomic E-state index is 0.613. The molecule has 0 amide bonds. The van der Waals surface area contributed by atoms with Crippen LogP contribution in [0.3, 0.4) is 0 Å². The van der Waals surface area contributed by atoms with Gasteiger partial charge in [-0.05, 0) is 45.1 Å². The highest BCUT2D eigenvalue weighted by Gasteiger charge is 2.31. The van der Waals surface area contributed by atoms with Crippen molar-refractivity contribution in [3.63, 3.8) is 0 Å². The summed E-state index contributed by atoms with van der Waals surface area (Å²) in [6.45, 7) is 2.17.